The molecule has 0 saturated carbocycles. The van der Waals surface area contributed by atoms with E-state index in [9.17, 15) is 5.11 Å². The molecule has 0 atom stereocenters. The first-order valence-corrected chi connectivity index (χ1v) is 6.94. The number of phenolic OH excluding ortho intramolecular Hbond substituents is 1. The second-order valence-corrected chi connectivity index (χ2v) is 5.71. The fourth-order valence-electron chi connectivity index (χ4n) is 2.61. The molecule has 2 rings (SSSR count). The van der Waals surface area contributed by atoms with Crippen LogP contribution in [0.3, 0.4) is 0 Å². The van der Waals surface area contributed by atoms with Crippen LogP contribution in [-0.2, 0) is 0 Å². The summed E-state index contributed by atoms with van der Waals surface area (Å²) in [6.07, 6.45) is 2.20. The van der Waals surface area contributed by atoms with E-state index in [1.807, 2.05) is 26.0 Å². The van der Waals surface area contributed by atoms with Crippen LogP contribution < -0.4 is 0 Å². The van der Waals surface area contributed by atoms with Gasteiger partial charge in [-0.2, -0.15) is 0 Å². The lowest BCUT2D eigenvalue weighted by molar-refractivity contribution is 0.467. The number of rotatable bonds is 2. The maximum atomic E-state index is 9.86. The van der Waals surface area contributed by atoms with Crippen molar-refractivity contribution in [2.24, 2.45) is 0 Å². The van der Waals surface area contributed by atoms with Gasteiger partial charge in [-0.05, 0) is 74.6 Å². The van der Waals surface area contributed by atoms with E-state index in [0.29, 0.717) is 5.75 Å². The lowest BCUT2D eigenvalue weighted by Crippen LogP contribution is -1.87. The van der Waals surface area contributed by atoms with Crippen molar-refractivity contribution in [3.63, 3.8) is 0 Å². The first-order chi connectivity index (χ1) is 9.36. The summed E-state index contributed by atoms with van der Waals surface area (Å²) in [6.45, 7) is 10.2. The van der Waals surface area contributed by atoms with Gasteiger partial charge < -0.3 is 5.11 Å². The molecule has 0 aromatic heterocycles. The Morgan fingerprint density at radius 2 is 1.35 bits per heavy atom. The van der Waals surface area contributed by atoms with Crippen LogP contribution in [0.5, 0.6) is 5.75 Å². The number of phenols is 1. The van der Waals surface area contributed by atoms with E-state index in [1.165, 1.54) is 22.3 Å². The Balaban J connectivity index is 2.44. The molecule has 0 amide bonds. The van der Waals surface area contributed by atoms with Crippen LogP contribution in [0.4, 0.5) is 0 Å². The minimum atomic E-state index is 0.396. The van der Waals surface area contributed by atoms with Crippen molar-refractivity contribution in [3.05, 3.63) is 63.7 Å². The Kier molecular flexibility index (Phi) is 3.99. The predicted molar refractivity (Wildman–Crippen MR) is 87.0 cm³/mol. The Hall–Kier alpha value is -2.02. The molecule has 2 aromatic rings. The number of benzene rings is 2. The van der Waals surface area contributed by atoms with E-state index < -0.39 is 0 Å². The zero-order valence-corrected chi connectivity index (χ0v) is 12.9. The third-order valence-corrected chi connectivity index (χ3v) is 3.57. The summed E-state index contributed by atoms with van der Waals surface area (Å²) in [4.78, 5) is 0. The molecule has 1 N–H and O–H groups in total. The Bertz CT molecular complexity index is 635. The second-order valence-electron chi connectivity index (χ2n) is 5.71. The van der Waals surface area contributed by atoms with Crippen molar-refractivity contribution in [3.8, 4) is 5.75 Å². The molecule has 0 unspecified atom stereocenters. The zero-order chi connectivity index (χ0) is 14.9. The Labute approximate surface area is 121 Å². The molecule has 20 heavy (non-hydrogen) atoms. The molecule has 0 saturated heterocycles. The number of hydrogen-bond donors (Lipinski definition) is 1. The molecule has 0 bridgehead atoms. The highest BCUT2D eigenvalue weighted by Gasteiger charge is 2.05. The van der Waals surface area contributed by atoms with Crippen LogP contribution >= 0.6 is 0 Å². The molecule has 104 valence electrons. The van der Waals surface area contributed by atoms with Crippen LogP contribution in [-0.4, -0.2) is 5.11 Å². The van der Waals surface area contributed by atoms with Crippen molar-refractivity contribution < 1.29 is 5.11 Å². The third-order valence-electron chi connectivity index (χ3n) is 3.57. The van der Waals surface area contributed by atoms with Crippen molar-refractivity contribution in [1.82, 2.24) is 0 Å². The minimum Gasteiger partial charge on any atom is -0.507 e. The number of allylic oxidation sites excluding steroid dienone is 1. The third kappa shape index (κ3) is 3.11. The Morgan fingerprint density at radius 3 is 1.85 bits per heavy atom. The van der Waals surface area contributed by atoms with Crippen LogP contribution in [0.1, 0.15) is 40.3 Å². The summed E-state index contributed by atoms with van der Waals surface area (Å²) in [7, 11) is 0. The monoisotopic (exact) mass is 266 g/mol. The summed E-state index contributed by atoms with van der Waals surface area (Å²) < 4.78 is 0. The van der Waals surface area contributed by atoms with Crippen molar-refractivity contribution in [2.75, 3.05) is 0 Å². The molecule has 0 radical (unpaired) electrons. The van der Waals surface area contributed by atoms with Gasteiger partial charge in [0.05, 0.1) is 0 Å². The van der Waals surface area contributed by atoms with E-state index in [-0.39, 0.29) is 0 Å². The molecule has 0 heterocycles. The molecule has 1 heteroatoms. The van der Waals surface area contributed by atoms with Gasteiger partial charge in [0.15, 0.2) is 0 Å². The highest BCUT2D eigenvalue weighted by atomic mass is 16.3. The average Bonchev–Trinajstić information content (AvgIpc) is 2.33. The maximum Gasteiger partial charge on any atom is 0.121 e. The standard InChI is InChI=1S/C19H22O/c1-12-6-13(2)8-17(7-12)9-14(3)18-10-15(4)19(20)16(5)11-18/h6-11,20H,1-5H3/b14-9+. The van der Waals surface area contributed by atoms with Crippen molar-refractivity contribution in [2.45, 2.75) is 34.6 Å². The van der Waals surface area contributed by atoms with Crippen molar-refractivity contribution in [1.29, 1.82) is 0 Å². The number of aromatic hydroxyl groups is 1. The quantitative estimate of drug-likeness (QED) is 0.742. The Morgan fingerprint density at radius 1 is 0.850 bits per heavy atom. The smallest absolute Gasteiger partial charge is 0.121 e. The second kappa shape index (κ2) is 5.54. The lowest BCUT2D eigenvalue weighted by Gasteiger charge is -2.09. The maximum absolute atomic E-state index is 9.86. The summed E-state index contributed by atoms with van der Waals surface area (Å²) in [5.74, 6) is 0.396. The van der Waals surface area contributed by atoms with Crippen molar-refractivity contribution >= 4 is 11.6 Å². The molecular formula is C19H22O. The van der Waals surface area contributed by atoms with E-state index in [1.54, 1.807) is 0 Å². The van der Waals surface area contributed by atoms with E-state index >= 15 is 0 Å². The van der Waals surface area contributed by atoms with Gasteiger partial charge in [0, 0.05) is 0 Å². The molecule has 0 fully saturated rings. The SMILES string of the molecule is C/C(=C\c1cc(C)cc(C)c1)c1cc(C)c(O)c(C)c1. The van der Waals surface area contributed by atoms with Gasteiger partial charge in [-0.25, -0.2) is 0 Å². The number of aryl methyl sites for hydroxylation is 4. The van der Waals surface area contributed by atoms with Crippen LogP contribution in [0.25, 0.3) is 11.6 Å². The summed E-state index contributed by atoms with van der Waals surface area (Å²) in [5.41, 5.74) is 8.01. The molecule has 1 nitrogen and oxygen atoms in total. The molecular weight excluding hydrogens is 244 g/mol. The molecule has 0 aliphatic heterocycles. The summed E-state index contributed by atoms with van der Waals surface area (Å²) in [6, 6.07) is 10.6. The summed E-state index contributed by atoms with van der Waals surface area (Å²) >= 11 is 0. The normalized spacial score (nSPS) is 11.8. The first kappa shape index (κ1) is 14.4. The van der Waals surface area contributed by atoms with Gasteiger partial charge in [0.2, 0.25) is 0 Å². The predicted octanol–water partition coefficient (Wildman–Crippen LogP) is 5.19. The molecule has 0 aliphatic rings. The van der Waals surface area contributed by atoms with Gasteiger partial charge in [-0.1, -0.05) is 35.4 Å². The first-order valence-electron chi connectivity index (χ1n) is 6.94. The van der Waals surface area contributed by atoms with Gasteiger partial charge in [-0.3, -0.25) is 0 Å². The van der Waals surface area contributed by atoms with Gasteiger partial charge in [0.1, 0.15) is 5.75 Å². The minimum absolute atomic E-state index is 0.396. The lowest BCUT2D eigenvalue weighted by atomic mass is 9.98. The van der Waals surface area contributed by atoms with Gasteiger partial charge in [-0.15, -0.1) is 0 Å². The van der Waals surface area contributed by atoms with Crippen LogP contribution in [0.15, 0.2) is 30.3 Å². The largest absolute Gasteiger partial charge is 0.507 e. The number of hydrogen-bond acceptors (Lipinski definition) is 1. The topological polar surface area (TPSA) is 20.2 Å². The average molecular weight is 266 g/mol. The zero-order valence-electron chi connectivity index (χ0n) is 12.9. The highest BCUT2D eigenvalue weighted by Crippen LogP contribution is 2.27. The van der Waals surface area contributed by atoms with E-state index in [0.717, 1.165) is 16.7 Å². The van der Waals surface area contributed by atoms with Crippen LogP contribution in [0.2, 0.25) is 0 Å². The molecule has 2 aromatic carbocycles. The van der Waals surface area contributed by atoms with Gasteiger partial charge >= 0.3 is 0 Å². The van der Waals surface area contributed by atoms with Crippen LogP contribution in [0, 0.1) is 27.7 Å². The van der Waals surface area contributed by atoms with E-state index in [4.69, 9.17) is 0 Å². The van der Waals surface area contributed by atoms with Gasteiger partial charge in [0.25, 0.3) is 0 Å². The molecule has 0 spiro atoms. The molecule has 0 aliphatic carbocycles. The summed E-state index contributed by atoms with van der Waals surface area (Å²) in [5, 5.41) is 9.86. The fourth-order valence-corrected chi connectivity index (χ4v) is 2.61. The highest BCUT2D eigenvalue weighted by molar-refractivity contribution is 5.81. The van der Waals surface area contributed by atoms with E-state index in [2.05, 4.69) is 45.0 Å². The fraction of sp³-hybridized carbons (Fsp3) is 0.263.